The second-order valence-electron chi connectivity index (χ2n) is 7.66. The molecule has 1 amide bonds. The van der Waals surface area contributed by atoms with Crippen LogP contribution in [0.3, 0.4) is 0 Å². The zero-order valence-electron chi connectivity index (χ0n) is 15.5. The highest BCUT2D eigenvalue weighted by atomic mass is 16.1. The number of likely N-dealkylation sites (tertiary alicyclic amines) is 1. The van der Waals surface area contributed by atoms with Crippen LogP contribution in [0.5, 0.6) is 0 Å². The maximum Gasteiger partial charge on any atom is 0.224 e. The molecule has 4 N–H and O–H groups in total. The van der Waals surface area contributed by atoms with Crippen molar-refractivity contribution < 1.29 is 4.79 Å². The fourth-order valence-electron chi connectivity index (χ4n) is 2.61. The van der Waals surface area contributed by atoms with Gasteiger partial charge in [-0.25, -0.2) is 0 Å². The van der Waals surface area contributed by atoms with Gasteiger partial charge >= 0.3 is 0 Å². The molecular formula is C17H35N5O. The van der Waals surface area contributed by atoms with E-state index in [9.17, 15) is 4.79 Å². The Kier molecular flexibility index (Phi) is 7.32. The van der Waals surface area contributed by atoms with Crippen molar-refractivity contribution in [3.05, 3.63) is 0 Å². The molecule has 0 atom stereocenters. The van der Waals surface area contributed by atoms with E-state index in [1.807, 2.05) is 20.8 Å². The van der Waals surface area contributed by atoms with Gasteiger partial charge in [0.15, 0.2) is 5.96 Å². The lowest BCUT2D eigenvalue weighted by Crippen LogP contribution is -2.50. The van der Waals surface area contributed by atoms with Gasteiger partial charge in [0.05, 0.1) is 12.0 Å². The maximum absolute atomic E-state index is 11.4. The van der Waals surface area contributed by atoms with Crippen LogP contribution in [0, 0.1) is 5.41 Å². The zero-order valence-corrected chi connectivity index (χ0v) is 15.5. The molecule has 1 aliphatic heterocycles. The molecule has 0 saturated carbocycles. The number of nitrogens with zero attached hydrogens (tertiary/aromatic N) is 2. The Hall–Kier alpha value is -1.30. The molecule has 0 aliphatic carbocycles. The summed E-state index contributed by atoms with van der Waals surface area (Å²) in [7, 11) is 0. The number of aliphatic imine (C=N–C) groups is 1. The lowest BCUT2D eigenvalue weighted by molar-refractivity contribution is -0.125. The van der Waals surface area contributed by atoms with Crippen LogP contribution in [0.1, 0.15) is 53.9 Å². The summed E-state index contributed by atoms with van der Waals surface area (Å²) in [6.45, 7) is 14.5. The molecule has 134 valence electrons. The van der Waals surface area contributed by atoms with Gasteiger partial charge in [0.1, 0.15) is 0 Å². The second-order valence-corrected chi connectivity index (χ2v) is 7.66. The highest BCUT2D eigenvalue weighted by molar-refractivity contribution is 5.83. The third kappa shape index (κ3) is 6.37. The summed E-state index contributed by atoms with van der Waals surface area (Å²) >= 11 is 0. The molecule has 0 aromatic carbocycles. The quantitative estimate of drug-likeness (QED) is 0.487. The first-order chi connectivity index (χ1) is 10.7. The van der Waals surface area contributed by atoms with E-state index in [0.717, 1.165) is 32.1 Å². The van der Waals surface area contributed by atoms with Crippen molar-refractivity contribution in [3.63, 3.8) is 0 Å². The Morgan fingerprint density at radius 3 is 2.26 bits per heavy atom. The van der Waals surface area contributed by atoms with E-state index >= 15 is 0 Å². The SMILES string of the molecule is CCNC(=NCC(C)(C)N1CCCCC1)NCC(C)(C)C(N)=O. The molecule has 0 spiro atoms. The Balaban J connectivity index is 2.64. The summed E-state index contributed by atoms with van der Waals surface area (Å²) in [5.74, 6) is 0.432. The number of piperidine rings is 1. The molecule has 6 nitrogen and oxygen atoms in total. The van der Waals surface area contributed by atoms with Crippen molar-refractivity contribution >= 4 is 11.9 Å². The van der Waals surface area contributed by atoms with Crippen molar-refractivity contribution in [3.8, 4) is 0 Å². The summed E-state index contributed by atoms with van der Waals surface area (Å²) in [6, 6.07) is 0. The smallest absolute Gasteiger partial charge is 0.224 e. The molecule has 0 aromatic rings. The third-order valence-electron chi connectivity index (χ3n) is 4.55. The molecule has 1 fully saturated rings. The van der Waals surface area contributed by atoms with Gasteiger partial charge in [0.2, 0.25) is 5.91 Å². The van der Waals surface area contributed by atoms with Crippen molar-refractivity contribution in [2.45, 2.75) is 59.4 Å². The summed E-state index contributed by atoms with van der Waals surface area (Å²) in [5, 5.41) is 6.48. The highest BCUT2D eigenvalue weighted by Crippen LogP contribution is 2.20. The van der Waals surface area contributed by atoms with Crippen LogP contribution in [0.4, 0.5) is 0 Å². The van der Waals surface area contributed by atoms with E-state index in [2.05, 4.69) is 29.4 Å². The largest absolute Gasteiger partial charge is 0.369 e. The summed E-state index contributed by atoms with van der Waals surface area (Å²) in [5.41, 5.74) is 4.87. The predicted molar refractivity (Wildman–Crippen MR) is 96.5 cm³/mol. The van der Waals surface area contributed by atoms with E-state index in [4.69, 9.17) is 10.7 Å². The number of primary amides is 1. The zero-order chi connectivity index (χ0) is 17.5. The number of nitrogens with two attached hydrogens (primary N) is 1. The Bertz CT molecular complexity index is 411. The van der Waals surface area contributed by atoms with E-state index in [0.29, 0.717) is 6.54 Å². The number of rotatable bonds is 7. The number of nitrogens with one attached hydrogen (secondary N) is 2. The van der Waals surface area contributed by atoms with Gasteiger partial charge in [-0.2, -0.15) is 0 Å². The van der Waals surface area contributed by atoms with E-state index in [-0.39, 0.29) is 11.4 Å². The Labute approximate surface area is 141 Å². The maximum atomic E-state index is 11.4. The van der Waals surface area contributed by atoms with Crippen LogP contribution in [0.15, 0.2) is 4.99 Å². The molecule has 0 radical (unpaired) electrons. The number of hydrogen-bond acceptors (Lipinski definition) is 3. The fourth-order valence-corrected chi connectivity index (χ4v) is 2.61. The number of carbonyl (C=O) groups is 1. The summed E-state index contributed by atoms with van der Waals surface area (Å²) in [4.78, 5) is 18.7. The topological polar surface area (TPSA) is 82.8 Å². The average molecular weight is 326 g/mol. The second kappa shape index (κ2) is 8.52. The predicted octanol–water partition coefficient (Wildman–Crippen LogP) is 1.32. The van der Waals surface area contributed by atoms with Gasteiger partial charge in [-0.05, 0) is 60.5 Å². The molecule has 6 heteroatoms. The number of amides is 1. The third-order valence-corrected chi connectivity index (χ3v) is 4.55. The summed E-state index contributed by atoms with van der Waals surface area (Å²) in [6.07, 6.45) is 3.89. The molecular weight excluding hydrogens is 290 g/mol. The van der Waals surface area contributed by atoms with E-state index in [1.165, 1.54) is 19.3 Å². The van der Waals surface area contributed by atoms with Crippen LogP contribution in [-0.4, -0.2) is 55.0 Å². The van der Waals surface area contributed by atoms with Gasteiger partial charge in [0.25, 0.3) is 0 Å². The molecule has 1 aliphatic rings. The van der Waals surface area contributed by atoms with Crippen molar-refractivity contribution in [2.75, 3.05) is 32.7 Å². The van der Waals surface area contributed by atoms with Crippen molar-refractivity contribution in [2.24, 2.45) is 16.1 Å². The van der Waals surface area contributed by atoms with Crippen LogP contribution < -0.4 is 16.4 Å². The van der Waals surface area contributed by atoms with E-state index in [1.54, 1.807) is 0 Å². The minimum absolute atomic E-state index is 0.0436. The Morgan fingerprint density at radius 2 is 1.74 bits per heavy atom. The first kappa shape index (κ1) is 19.7. The molecule has 0 unspecified atom stereocenters. The van der Waals surface area contributed by atoms with Crippen molar-refractivity contribution in [1.29, 1.82) is 0 Å². The normalized spacial score (nSPS) is 17.9. The first-order valence-electron chi connectivity index (χ1n) is 8.76. The monoisotopic (exact) mass is 325 g/mol. The summed E-state index contributed by atoms with van der Waals surface area (Å²) < 4.78 is 0. The standard InChI is InChI=1S/C17H35N5O/c1-6-19-15(20-12-16(2,3)14(18)23)21-13-17(4,5)22-10-8-7-9-11-22/h6-13H2,1-5H3,(H2,18,23)(H2,19,20,21). The fraction of sp³-hybridized carbons (Fsp3) is 0.882. The highest BCUT2D eigenvalue weighted by Gasteiger charge is 2.28. The molecule has 1 rings (SSSR count). The molecule has 0 aromatic heterocycles. The molecule has 23 heavy (non-hydrogen) atoms. The van der Waals surface area contributed by atoms with Crippen LogP contribution in [-0.2, 0) is 4.79 Å². The van der Waals surface area contributed by atoms with Crippen LogP contribution in [0.2, 0.25) is 0 Å². The number of guanidine groups is 1. The van der Waals surface area contributed by atoms with Gasteiger partial charge in [0, 0.05) is 18.6 Å². The molecule has 0 bridgehead atoms. The van der Waals surface area contributed by atoms with Gasteiger partial charge < -0.3 is 16.4 Å². The lowest BCUT2D eigenvalue weighted by atomic mass is 9.93. The Morgan fingerprint density at radius 1 is 1.13 bits per heavy atom. The number of hydrogen-bond donors (Lipinski definition) is 3. The van der Waals surface area contributed by atoms with Crippen LogP contribution >= 0.6 is 0 Å². The molecule has 1 heterocycles. The molecule has 1 saturated heterocycles. The van der Waals surface area contributed by atoms with Crippen LogP contribution in [0.25, 0.3) is 0 Å². The van der Waals surface area contributed by atoms with Crippen molar-refractivity contribution in [1.82, 2.24) is 15.5 Å². The lowest BCUT2D eigenvalue weighted by Gasteiger charge is -2.40. The van der Waals surface area contributed by atoms with Gasteiger partial charge in [-0.15, -0.1) is 0 Å². The van der Waals surface area contributed by atoms with E-state index < -0.39 is 5.41 Å². The number of carbonyl (C=O) groups excluding carboxylic acids is 1. The van der Waals surface area contributed by atoms with Gasteiger partial charge in [-0.3, -0.25) is 14.7 Å². The minimum Gasteiger partial charge on any atom is -0.369 e. The first-order valence-corrected chi connectivity index (χ1v) is 8.76. The minimum atomic E-state index is -0.599. The average Bonchev–Trinajstić information content (AvgIpc) is 2.51. The van der Waals surface area contributed by atoms with Gasteiger partial charge in [-0.1, -0.05) is 6.42 Å².